The maximum absolute atomic E-state index is 4.94. The van der Waals surface area contributed by atoms with Crippen molar-refractivity contribution in [3.05, 3.63) is 60.7 Å². The molecule has 98 valence electrons. The molecule has 1 heterocycles. The Balaban J connectivity index is 0.000000135. The van der Waals surface area contributed by atoms with E-state index in [9.17, 15) is 0 Å². The summed E-state index contributed by atoms with van der Waals surface area (Å²) in [5.74, 6) is 0. The molecule has 1 aromatic rings. The van der Waals surface area contributed by atoms with Gasteiger partial charge >= 0.3 is 0 Å². The maximum Gasteiger partial charge on any atom is 0.0701 e. The molecule has 0 radical (unpaired) electrons. The first-order valence-corrected chi connectivity index (χ1v) is 6.47. The third kappa shape index (κ3) is 9.82. The lowest BCUT2D eigenvalue weighted by Gasteiger charge is -2.09. The lowest BCUT2D eigenvalue weighted by Crippen LogP contribution is -2.16. The van der Waals surface area contributed by atoms with Gasteiger partial charge in [0.15, 0.2) is 0 Å². The first kappa shape index (κ1) is 14.7. The molecule has 0 atom stereocenters. The molecule has 0 N–H and O–H groups in total. The second-order valence-electron chi connectivity index (χ2n) is 3.81. The zero-order valence-corrected chi connectivity index (χ0v) is 10.8. The van der Waals surface area contributed by atoms with E-state index in [2.05, 4.69) is 24.3 Å². The van der Waals surface area contributed by atoms with Gasteiger partial charge < -0.3 is 9.47 Å². The van der Waals surface area contributed by atoms with E-state index in [1.165, 1.54) is 12.8 Å². The minimum Gasteiger partial charge on any atom is -0.377 e. The van der Waals surface area contributed by atoms with Crippen LogP contribution in [0.1, 0.15) is 12.8 Å². The molecule has 2 aliphatic rings. The van der Waals surface area contributed by atoms with Crippen LogP contribution in [0, 0.1) is 0 Å². The minimum atomic E-state index is 0.778. The Bertz CT molecular complexity index is 263. The fraction of sp³-hybridized carbons (Fsp3) is 0.375. The predicted molar refractivity (Wildman–Crippen MR) is 75.6 cm³/mol. The van der Waals surface area contributed by atoms with Crippen LogP contribution in [0.4, 0.5) is 0 Å². The van der Waals surface area contributed by atoms with Gasteiger partial charge in [0, 0.05) is 0 Å². The molecule has 0 amide bonds. The zero-order chi connectivity index (χ0) is 12.7. The number of ether oxygens (including phenoxy) is 2. The van der Waals surface area contributed by atoms with Crippen molar-refractivity contribution in [2.24, 2.45) is 0 Å². The molecule has 0 saturated carbocycles. The minimum absolute atomic E-state index is 0.778. The van der Waals surface area contributed by atoms with Gasteiger partial charge in [-0.3, -0.25) is 0 Å². The summed E-state index contributed by atoms with van der Waals surface area (Å²) in [7, 11) is 0. The van der Waals surface area contributed by atoms with E-state index in [0.29, 0.717) is 0 Å². The molecule has 0 spiro atoms. The molecule has 18 heavy (non-hydrogen) atoms. The summed E-state index contributed by atoms with van der Waals surface area (Å²) < 4.78 is 9.89. The van der Waals surface area contributed by atoms with Gasteiger partial charge in [0.25, 0.3) is 0 Å². The van der Waals surface area contributed by atoms with Crippen molar-refractivity contribution >= 4 is 0 Å². The molecular formula is C16H22O2. The number of hydrogen-bond acceptors (Lipinski definition) is 2. The van der Waals surface area contributed by atoms with Gasteiger partial charge in [0.2, 0.25) is 0 Å². The summed E-state index contributed by atoms with van der Waals surface area (Å²) >= 11 is 0. The number of hydrogen-bond donors (Lipinski definition) is 0. The number of allylic oxidation sites excluding steroid dienone is 4. The molecule has 1 aliphatic carbocycles. The second-order valence-corrected chi connectivity index (χ2v) is 3.81. The highest BCUT2D eigenvalue weighted by molar-refractivity contribution is 5.07. The fourth-order valence-corrected chi connectivity index (χ4v) is 1.37. The topological polar surface area (TPSA) is 18.5 Å². The van der Waals surface area contributed by atoms with Gasteiger partial charge in [-0.25, -0.2) is 0 Å². The molecule has 1 aliphatic heterocycles. The molecule has 1 aromatic carbocycles. The van der Waals surface area contributed by atoms with Crippen LogP contribution in [0.5, 0.6) is 0 Å². The van der Waals surface area contributed by atoms with Crippen molar-refractivity contribution in [2.75, 3.05) is 26.4 Å². The Morgan fingerprint density at radius 2 is 0.833 bits per heavy atom. The number of rotatable bonds is 0. The predicted octanol–water partition coefficient (Wildman–Crippen LogP) is 3.61. The smallest absolute Gasteiger partial charge is 0.0701 e. The number of benzene rings is 1. The molecule has 1 saturated heterocycles. The Kier molecular flexibility index (Phi) is 9.86. The molecule has 0 bridgehead atoms. The SMILES string of the molecule is C1=CCCC=C1.C1COCCO1.c1ccccc1. The average Bonchev–Trinajstić information content (AvgIpc) is 2.54. The monoisotopic (exact) mass is 246 g/mol. The van der Waals surface area contributed by atoms with Crippen molar-refractivity contribution in [2.45, 2.75) is 12.8 Å². The maximum atomic E-state index is 4.94. The average molecular weight is 246 g/mol. The lowest BCUT2D eigenvalue weighted by atomic mass is 10.2. The van der Waals surface area contributed by atoms with Crippen LogP contribution in [0.15, 0.2) is 60.7 Å². The van der Waals surface area contributed by atoms with Gasteiger partial charge in [-0.15, -0.1) is 0 Å². The molecule has 1 fully saturated rings. The van der Waals surface area contributed by atoms with E-state index in [0.717, 1.165) is 26.4 Å². The normalized spacial score (nSPS) is 16.9. The van der Waals surface area contributed by atoms with Gasteiger partial charge in [0.1, 0.15) is 0 Å². The molecule has 0 unspecified atom stereocenters. The van der Waals surface area contributed by atoms with Gasteiger partial charge in [-0.1, -0.05) is 60.7 Å². The Hall–Kier alpha value is -1.38. The summed E-state index contributed by atoms with van der Waals surface area (Å²) in [6.45, 7) is 3.11. The highest BCUT2D eigenvalue weighted by Crippen LogP contribution is 1.98. The quantitative estimate of drug-likeness (QED) is 0.696. The van der Waals surface area contributed by atoms with Crippen LogP contribution < -0.4 is 0 Å². The lowest BCUT2D eigenvalue weighted by molar-refractivity contribution is -0.0334. The largest absolute Gasteiger partial charge is 0.377 e. The van der Waals surface area contributed by atoms with E-state index in [-0.39, 0.29) is 0 Å². The van der Waals surface area contributed by atoms with Crippen LogP contribution in [0.3, 0.4) is 0 Å². The van der Waals surface area contributed by atoms with Crippen LogP contribution in [0.2, 0.25) is 0 Å². The molecule has 3 rings (SSSR count). The van der Waals surface area contributed by atoms with E-state index in [1.807, 2.05) is 36.4 Å². The third-order valence-electron chi connectivity index (χ3n) is 2.29. The Labute approximate surface area is 110 Å². The van der Waals surface area contributed by atoms with Crippen molar-refractivity contribution in [1.29, 1.82) is 0 Å². The van der Waals surface area contributed by atoms with Crippen LogP contribution in [-0.2, 0) is 9.47 Å². The molecule has 2 nitrogen and oxygen atoms in total. The second kappa shape index (κ2) is 12.1. The van der Waals surface area contributed by atoms with Crippen molar-refractivity contribution in [1.82, 2.24) is 0 Å². The summed E-state index contributed by atoms with van der Waals surface area (Å²) in [6, 6.07) is 12.0. The molecule has 0 aromatic heterocycles. The summed E-state index contributed by atoms with van der Waals surface area (Å²) in [6.07, 6.45) is 11.0. The fourth-order valence-electron chi connectivity index (χ4n) is 1.37. The van der Waals surface area contributed by atoms with Crippen molar-refractivity contribution in [3.63, 3.8) is 0 Å². The van der Waals surface area contributed by atoms with Gasteiger partial charge in [0.05, 0.1) is 26.4 Å². The highest BCUT2D eigenvalue weighted by atomic mass is 16.6. The van der Waals surface area contributed by atoms with Crippen LogP contribution in [0.25, 0.3) is 0 Å². The van der Waals surface area contributed by atoms with E-state index >= 15 is 0 Å². The summed E-state index contributed by atoms with van der Waals surface area (Å²) in [5, 5.41) is 0. The van der Waals surface area contributed by atoms with Gasteiger partial charge in [-0.05, 0) is 12.8 Å². The standard InChI is InChI=1S/C6H8.C6H6.C4H8O2/c2*1-2-4-6-5-3-1;1-2-6-4-3-5-1/h1-4H,5-6H2;1-6H;1-4H2. The van der Waals surface area contributed by atoms with Crippen molar-refractivity contribution < 1.29 is 9.47 Å². The van der Waals surface area contributed by atoms with Crippen molar-refractivity contribution in [3.8, 4) is 0 Å². The zero-order valence-electron chi connectivity index (χ0n) is 10.8. The summed E-state index contributed by atoms with van der Waals surface area (Å²) in [5.41, 5.74) is 0. The first-order chi connectivity index (χ1) is 9.00. The molecule has 2 heteroatoms. The first-order valence-electron chi connectivity index (χ1n) is 6.47. The third-order valence-corrected chi connectivity index (χ3v) is 2.29. The van der Waals surface area contributed by atoms with Crippen LogP contribution >= 0.6 is 0 Å². The van der Waals surface area contributed by atoms with Crippen LogP contribution in [-0.4, -0.2) is 26.4 Å². The Morgan fingerprint density at radius 3 is 1.00 bits per heavy atom. The Morgan fingerprint density at radius 1 is 0.500 bits per heavy atom. The van der Waals surface area contributed by atoms with Gasteiger partial charge in [-0.2, -0.15) is 0 Å². The molecular weight excluding hydrogens is 224 g/mol. The summed E-state index contributed by atoms with van der Waals surface area (Å²) in [4.78, 5) is 0. The van der Waals surface area contributed by atoms with E-state index in [1.54, 1.807) is 0 Å². The van der Waals surface area contributed by atoms with E-state index < -0.39 is 0 Å². The van der Waals surface area contributed by atoms with E-state index in [4.69, 9.17) is 9.47 Å². The highest BCUT2D eigenvalue weighted by Gasteiger charge is 1.94.